The fourth-order valence-corrected chi connectivity index (χ4v) is 4.67. The number of carbonyl (C=O) groups is 2. The van der Waals surface area contributed by atoms with E-state index in [0.717, 1.165) is 5.56 Å². The number of aryl methyl sites for hydroxylation is 1. The van der Waals surface area contributed by atoms with Crippen molar-refractivity contribution >= 4 is 21.7 Å². The molecule has 1 heterocycles. The Kier molecular flexibility index (Phi) is 4.55. The Morgan fingerprint density at radius 3 is 2.41 bits per heavy atom. The van der Waals surface area contributed by atoms with Gasteiger partial charge in [0.05, 0.1) is 22.6 Å². The number of benzene rings is 1. The monoisotopic (exact) mass is 325 g/mol. The fourth-order valence-electron chi connectivity index (χ4n) is 2.58. The molecule has 1 aliphatic heterocycles. The SMILES string of the molecule is CC1(NC(=O)CCc2ccc(C(=O)O)cc2)CCS(=O)(=O)C1. The van der Waals surface area contributed by atoms with Crippen LogP contribution in [0.15, 0.2) is 24.3 Å². The molecule has 0 radical (unpaired) electrons. The summed E-state index contributed by atoms with van der Waals surface area (Å²) >= 11 is 0. The third-order valence-corrected chi connectivity index (χ3v) is 5.69. The Labute approximate surface area is 129 Å². The molecule has 1 unspecified atom stereocenters. The second kappa shape index (κ2) is 6.08. The van der Waals surface area contributed by atoms with Gasteiger partial charge in [0.25, 0.3) is 0 Å². The number of sulfone groups is 1. The second-order valence-corrected chi connectivity index (χ2v) is 8.14. The summed E-state index contributed by atoms with van der Waals surface area (Å²) in [5.74, 6) is -1.08. The molecule has 0 aliphatic carbocycles. The highest BCUT2D eigenvalue weighted by Crippen LogP contribution is 2.23. The molecule has 2 N–H and O–H groups in total. The van der Waals surface area contributed by atoms with Crippen molar-refractivity contribution in [3.05, 3.63) is 35.4 Å². The lowest BCUT2D eigenvalue weighted by atomic mass is 10.0. The zero-order chi connectivity index (χ0) is 16.4. The van der Waals surface area contributed by atoms with Crippen LogP contribution in [-0.2, 0) is 21.1 Å². The van der Waals surface area contributed by atoms with E-state index < -0.39 is 21.3 Å². The first-order valence-electron chi connectivity index (χ1n) is 7.03. The first kappa shape index (κ1) is 16.5. The summed E-state index contributed by atoms with van der Waals surface area (Å²) in [6, 6.07) is 6.36. The first-order valence-corrected chi connectivity index (χ1v) is 8.85. The molecule has 1 amide bonds. The lowest BCUT2D eigenvalue weighted by Crippen LogP contribution is -2.47. The molecular weight excluding hydrogens is 306 g/mol. The number of carboxylic acids is 1. The molecule has 1 atom stereocenters. The summed E-state index contributed by atoms with van der Waals surface area (Å²) in [6.07, 6.45) is 1.16. The normalized spacial score (nSPS) is 23.1. The van der Waals surface area contributed by atoms with E-state index >= 15 is 0 Å². The minimum Gasteiger partial charge on any atom is -0.478 e. The molecule has 0 spiro atoms. The van der Waals surface area contributed by atoms with Gasteiger partial charge >= 0.3 is 5.97 Å². The van der Waals surface area contributed by atoms with E-state index in [0.29, 0.717) is 12.8 Å². The van der Waals surface area contributed by atoms with Crippen molar-refractivity contribution in [2.24, 2.45) is 0 Å². The third kappa shape index (κ3) is 4.30. The maximum atomic E-state index is 12.0. The van der Waals surface area contributed by atoms with E-state index in [4.69, 9.17) is 5.11 Å². The van der Waals surface area contributed by atoms with Crippen LogP contribution in [0.5, 0.6) is 0 Å². The number of rotatable bonds is 5. The van der Waals surface area contributed by atoms with Gasteiger partial charge in [-0.2, -0.15) is 0 Å². The van der Waals surface area contributed by atoms with Crippen molar-refractivity contribution in [2.75, 3.05) is 11.5 Å². The number of carboxylic acid groups (broad SMARTS) is 1. The van der Waals surface area contributed by atoms with Crippen LogP contribution in [0.3, 0.4) is 0 Å². The summed E-state index contributed by atoms with van der Waals surface area (Å²) in [7, 11) is -3.05. The third-order valence-electron chi connectivity index (χ3n) is 3.79. The van der Waals surface area contributed by atoms with E-state index in [1.54, 1.807) is 19.1 Å². The predicted octanol–water partition coefficient (Wildman–Crippen LogP) is 1.01. The predicted molar refractivity (Wildman–Crippen MR) is 81.5 cm³/mol. The molecule has 1 saturated heterocycles. The van der Waals surface area contributed by atoms with Crippen LogP contribution in [0.25, 0.3) is 0 Å². The van der Waals surface area contributed by atoms with E-state index in [1.165, 1.54) is 12.1 Å². The molecule has 2 rings (SSSR count). The van der Waals surface area contributed by atoms with Crippen molar-refractivity contribution < 1.29 is 23.1 Å². The van der Waals surface area contributed by atoms with Crippen molar-refractivity contribution in [1.82, 2.24) is 5.32 Å². The molecule has 7 heteroatoms. The summed E-state index contributed by atoms with van der Waals surface area (Å²) in [5.41, 5.74) is 0.393. The zero-order valence-corrected chi connectivity index (χ0v) is 13.1. The number of amides is 1. The Morgan fingerprint density at radius 2 is 1.91 bits per heavy atom. The minimum atomic E-state index is -3.05. The Hall–Kier alpha value is -1.89. The zero-order valence-electron chi connectivity index (χ0n) is 12.3. The number of nitrogens with one attached hydrogen (secondary N) is 1. The van der Waals surface area contributed by atoms with Gasteiger partial charge in [0.15, 0.2) is 9.84 Å². The Morgan fingerprint density at radius 1 is 1.27 bits per heavy atom. The topological polar surface area (TPSA) is 101 Å². The van der Waals surface area contributed by atoms with Crippen LogP contribution in [-0.4, -0.2) is 42.4 Å². The van der Waals surface area contributed by atoms with Crippen LogP contribution >= 0.6 is 0 Å². The van der Waals surface area contributed by atoms with Gasteiger partial charge in [-0.15, -0.1) is 0 Å². The van der Waals surface area contributed by atoms with E-state index in [2.05, 4.69) is 5.32 Å². The first-order chi connectivity index (χ1) is 10.2. The molecule has 0 bridgehead atoms. The lowest BCUT2D eigenvalue weighted by Gasteiger charge is -2.23. The van der Waals surface area contributed by atoms with Gasteiger partial charge in [-0.1, -0.05) is 12.1 Å². The number of carbonyl (C=O) groups excluding carboxylic acids is 1. The number of hydrogen-bond donors (Lipinski definition) is 2. The smallest absolute Gasteiger partial charge is 0.335 e. The molecule has 1 aromatic rings. The molecule has 6 nitrogen and oxygen atoms in total. The molecular formula is C15H19NO5S. The van der Waals surface area contributed by atoms with Crippen LogP contribution in [0.1, 0.15) is 35.7 Å². The maximum Gasteiger partial charge on any atom is 0.335 e. The van der Waals surface area contributed by atoms with Gasteiger partial charge in [-0.3, -0.25) is 4.79 Å². The highest BCUT2D eigenvalue weighted by Gasteiger charge is 2.39. The van der Waals surface area contributed by atoms with Crippen LogP contribution < -0.4 is 5.32 Å². The standard InChI is InChI=1S/C15H19NO5S/c1-15(8-9-22(20,21)10-15)16-13(17)7-4-11-2-5-12(6-3-11)14(18)19/h2-3,5-6H,4,7-10H2,1H3,(H,16,17)(H,18,19). The average molecular weight is 325 g/mol. The van der Waals surface area contributed by atoms with Crippen LogP contribution in [0, 0.1) is 0 Å². The van der Waals surface area contributed by atoms with E-state index in [1.807, 2.05) is 0 Å². The quantitative estimate of drug-likeness (QED) is 0.841. The van der Waals surface area contributed by atoms with E-state index in [9.17, 15) is 18.0 Å². The fraction of sp³-hybridized carbons (Fsp3) is 0.467. The second-order valence-electron chi connectivity index (χ2n) is 5.95. The maximum absolute atomic E-state index is 12.0. The molecule has 22 heavy (non-hydrogen) atoms. The van der Waals surface area contributed by atoms with Gasteiger partial charge in [-0.05, 0) is 37.5 Å². The number of hydrogen-bond acceptors (Lipinski definition) is 4. The molecule has 1 fully saturated rings. The molecule has 0 aromatic heterocycles. The van der Waals surface area contributed by atoms with Gasteiger partial charge in [0.2, 0.25) is 5.91 Å². The molecule has 120 valence electrons. The van der Waals surface area contributed by atoms with Crippen molar-refractivity contribution in [3.8, 4) is 0 Å². The van der Waals surface area contributed by atoms with Crippen LogP contribution in [0.4, 0.5) is 0 Å². The molecule has 1 aromatic carbocycles. The highest BCUT2D eigenvalue weighted by molar-refractivity contribution is 7.91. The van der Waals surface area contributed by atoms with E-state index in [-0.39, 0.29) is 29.4 Å². The Bertz CT molecular complexity index is 680. The van der Waals surface area contributed by atoms with Crippen molar-refractivity contribution in [3.63, 3.8) is 0 Å². The Balaban J connectivity index is 1.87. The van der Waals surface area contributed by atoms with Gasteiger partial charge in [0.1, 0.15) is 0 Å². The van der Waals surface area contributed by atoms with Crippen molar-refractivity contribution in [2.45, 2.75) is 31.7 Å². The summed E-state index contributed by atoms with van der Waals surface area (Å²) in [5, 5.41) is 11.6. The molecule has 1 aliphatic rings. The lowest BCUT2D eigenvalue weighted by molar-refractivity contribution is -0.122. The number of aromatic carboxylic acids is 1. The van der Waals surface area contributed by atoms with Gasteiger partial charge in [0, 0.05) is 6.42 Å². The summed E-state index contributed by atoms with van der Waals surface area (Å²) in [6.45, 7) is 1.75. The van der Waals surface area contributed by atoms with Crippen molar-refractivity contribution in [1.29, 1.82) is 0 Å². The van der Waals surface area contributed by atoms with Crippen LogP contribution in [0.2, 0.25) is 0 Å². The average Bonchev–Trinajstić information content (AvgIpc) is 2.70. The molecule has 0 saturated carbocycles. The summed E-state index contributed by atoms with van der Waals surface area (Å²) < 4.78 is 23.0. The highest BCUT2D eigenvalue weighted by atomic mass is 32.2. The minimum absolute atomic E-state index is 0.0148. The van der Waals surface area contributed by atoms with Gasteiger partial charge in [-0.25, -0.2) is 13.2 Å². The van der Waals surface area contributed by atoms with Gasteiger partial charge < -0.3 is 10.4 Å². The summed E-state index contributed by atoms with van der Waals surface area (Å²) in [4.78, 5) is 22.7. The largest absolute Gasteiger partial charge is 0.478 e.